The normalized spacial score (nSPS) is 11.0. The number of imidazole rings is 1. The van der Waals surface area contributed by atoms with Crippen LogP contribution in [-0.2, 0) is 0 Å². The summed E-state index contributed by atoms with van der Waals surface area (Å²) in [4.78, 5) is 26.3. The van der Waals surface area contributed by atoms with Crippen molar-refractivity contribution >= 4 is 28.6 Å². The Kier molecular flexibility index (Phi) is 3.07. The Morgan fingerprint density at radius 1 is 1.29 bits per heavy atom. The van der Waals surface area contributed by atoms with Crippen LogP contribution in [0.2, 0.25) is 5.02 Å². The smallest absolute Gasteiger partial charge is 0.337 e. The fourth-order valence-electron chi connectivity index (χ4n) is 2.38. The van der Waals surface area contributed by atoms with E-state index < -0.39 is 11.7 Å². The summed E-state index contributed by atoms with van der Waals surface area (Å²) >= 11 is 6.00. The molecule has 0 saturated heterocycles. The third-order valence-electron chi connectivity index (χ3n) is 3.35. The molecule has 1 heterocycles. The number of H-pyrrole nitrogens is 1. The number of hydrogen-bond donors (Lipinski definition) is 2. The number of hydrogen-bond acceptors (Lipinski definition) is 2. The maximum atomic E-state index is 12.2. The van der Waals surface area contributed by atoms with Gasteiger partial charge in [-0.1, -0.05) is 23.7 Å². The summed E-state index contributed by atoms with van der Waals surface area (Å²) < 4.78 is 1.35. The van der Waals surface area contributed by atoms with Crippen molar-refractivity contribution in [2.45, 2.75) is 6.92 Å². The van der Waals surface area contributed by atoms with Crippen LogP contribution in [-0.4, -0.2) is 20.6 Å². The van der Waals surface area contributed by atoms with Gasteiger partial charge in [-0.2, -0.15) is 0 Å². The Morgan fingerprint density at radius 3 is 2.76 bits per heavy atom. The second-order valence-corrected chi connectivity index (χ2v) is 5.14. The number of carboxylic acid groups (broad SMARTS) is 1. The summed E-state index contributed by atoms with van der Waals surface area (Å²) in [5.74, 6) is -1.09. The van der Waals surface area contributed by atoms with E-state index in [1.54, 1.807) is 30.3 Å². The highest BCUT2D eigenvalue weighted by Gasteiger charge is 2.17. The third-order valence-corrected chi connectivity index (χ3v) is 3.58. The topological polar surface area (TPSA) is 75.1 Å². The summed E-state index contributed by atoms with van der Waals surface area (Å²) in [7, 11) is 0. The quantitative estimate of drug-likeness (QED) is 0.764. The summed E-state index contributed by atoms with van der Waals surface area (Å²) in [6.07, 6.45) is 0. The number of aromatic amines is 1. The molecule has 0 aliphatic rings. The number of nitrogens with one attached hydrogen (secondary N) is 1. The van der Waals surface area contributed by atoms with Gasteiger partial charge in [-0.3, -0.25) is 4.57 Å². The van der Waals surface area contributed by atoms with Gasteiger partial charge in [0.2, 0.25) is 0 Å². The Bertz CT molecular complexity index is 924. The van der Waals surface area contributed by atoms with E-state index in [1.807, 2.05) is 6.92 Å². The first-order valence-electron chi connectivity index (χ1n) is 6.22. The second kappa shape index (κ2) is 4.79. The van der Waals surface area contributed by atoms with Crippen molar-refractivity contribution in [2.75, 3.05) is 0 Å². The van der Waals surface area contributed by atoms with Crippen molar-refractivity contribution in [3.05, 3.63) is 63.0 Å². The van der Waals surface area contributed by atoms with Crippen LogP contribution >= 0.6 is 11.6 Å². The van der Waals surface area contributed by atoms with Crippen LogP contribution in [0.15, 0.2) is 41.2 Å². The number of carbonyl (C=O) groups is 1. The molecule has 3 rings (SSSR count). The van der Waals surface area contributed by atoms with Gasteiger partial charge in [0.15, 0.2) is 0 Å². The lowest BCUT2D eigenvalue weighted by atomic mass is 10.1. The van der Waals surface area contributed by atoms with Gasteiger partial charge in [-0.05, 0) is 36.8 Å². The van der Waals surface area contributed by atoms with E-state index >= 15 is 0 Å². The van der Waals surface area contributed by atoms with E-state index in [-0.39, 0.29) is 5.56 Å². The Labute approximate surface area is 124 Å². The number of aromatic nitrogens is 2. The van der Waals surface area contributed by atoms with E-state index in [4.69, 9.17) is 11.6 Å². The average Bonchev–Trinajstić information content (AvgIpc) is 2.77. The fraction of sp³-hybridized carbons (Fsp3) is 0.0667. The lowest BCUT2D eigenvalue weighted by molar-refractivity contribution is 0.0698. The van der Waals surface area contributed by atoms with Crippen molar-refractivity contribution in [3.8, 4) is 5.69 Å². The van der Waals surface area contributed by atoms with Gasteiger partial charge in [0.05, 0.1) is 22.3 Å². The van der Waals surface area contributed by atoms with Gasteiger partial charge < -0.3 is 10.1 Å². The molecular weight excluding hydrogens is 292 g/mol. The fourth-order valence-corrected chi connectivity index (χ4v) is 2.55. The molecule has 21 heavy (non-hydrogen) atoms. The molecule has 0 bridgehead atoms. The van der Waals surface area contributed by atoms with Crippen LogP contribution in [0.25, 0.3) is 16.7 Å². The summed E-state index contributed by atoms with van der Waals surface area (Å²) in [6, 6.07) is 9.87. The maximum absolute atomic E-state index is 12.2. The molecular formula is C15H11ClN2O3. The average molecular weight is 303 g/mol. The zero-order chi connectivity index (χ0) is 15.1. The minimum atomic E-state index is -1.09. The minimum absolute atomic E-state index is 0.0604. The molecule has 2 aromatic carbocycles. The minimum Gasteiger partial charge on any atom is -0.478 e. The van der Waals surface area contributed by atoms with E-state index in [0.717, 1.165) is 5.56 Å². The van der Waals surface area contributed by atoms with Crippen LogP contribution in [0.5, 0.6) is 0 Å². The van der Waals surface area contributed by atoms with Gasteiger partial charge >= 0.3 is 11.7 Å². The molecule has 106 valence electrons. The van der Waals surface area contributed by atoms with Gasteiger partial charge in [0.1, 0.15) is 0 Å². The summed E-state index contributed by atoms with van der Waals surface area (Å²) in [5, 5.41) is 9.81. The zero-order valence-electron chi connectivity index (χ0n) is 11.1. The molecule has 5 nitrogen and oxygen atoms in total. The van der Waals surface area contributed by atoms with E-state index in [9.17, 15) is 14.7 Å². The predicted molar refractivity (Wildman–Crippen MR) is 80.6 cm³/mol. The molecule has 0 spiro atoms. The number of nitrogens with zero attached hydrogens (tertiary/aromatic N) is 1. The Morgan fingerprint density at radius 2 is 2.05 bits per heavy atom. The van der Waals surface area contributed by atoms with E-state index in [0.29, 0.717) is 21.7 Å². The van der Waals surface area contributed by atoms with Gasteiger partial charge in [0, 0.05) is 5.02 Å². The van der Waals surface area contributed by atoms with E-state index in [2.05, 4.69) is 4.98 Å². The van der Waals surface area contributed by atoms with Crippen molar-refractivity contribution < 1.29 is 9.90 Å². The van der Waals surface area contributed by atoms with Crippen LogP contribution in [0.3, 0.4) is 0 Å². The highest BCUT2D eigenvalue weighted by molar-refractivity contribution is 6.30. The molecule has 0 amide bonds. The van der Waals surface area contributed by atoms with Gasteiger partial charge in [0.25, 0.3) is 0 Å². The molecule has 0 radical (unpaired) electrons. The number of para-hydroxylation sites is 1. The van der Waals surface area contributed by atoms with Gasteiger partial charge in [-0.25, -0.2) is 9.59 Å². The Hall–Kier alpha value is -2.53. The number of benzene rings is 2. The Balaban J connectivity index is 2.48. The van der Waals surface area contributed by atoms with Crippen LogP contribution in [0.4, 0.5) is 0 Å². The SMILES string of the molecule is Cc1ccc(Cl)cc1-n1c(=O)[nH]c2cccc(C(=O)O)c21. The summed E-state index contributed by atoms with van der Waals surface area (Å²) in [5.41, 5.74) is 1.85. The third kappa shape index (κ3) is 2.11. The van der Waals surface area contributed by atoms with E-state index in [1.165, 1.54) is 10.6 Å². The largest absolute Gasteiger partial charge is 0.478 e. The predicted octanol–water partition coefficient (Wildman–Crippen LogP) is 2.98. The molecule has 0 aliphatic carbocycles. The lowest BCUT2D eigenvalue weighted by Crippen LogP contribution is -2.16. The maximum Gasteiger partial charge on any atom is 0.337 e. The van der Waals surface area contributed by atoms with Crippen LogP contribution in [0, 0.1) is 6.92 Å². The molecule has 6 heteroatoms. The van der Waals surface area contributed by atoms with Crippen LogP contribution in [0.1, 0.15) is 15.9 Å². The first-order chi connectivity index (χ1) is 9.99. The summed E-state index contributed by atoms with van der Waals surface area (Å²) in [6.45, 7) is 1.83. The molecule has 3 aromatic rings. The number of rotatable bonds is 2. The van der Waals surface area contributed by atoms with Crippen molar-refractivity contribution in [1.29, 1.82) is 0 Å². The number of carboxylic acids is 1. The molecule has 0 aliphatic heterocycles. The standard InChI is InChI=1S/C15H11ClN2O3/c1-8-5-6-9(16)7-12(8)18-13-10(14(19)20)3-2-4-11(13)17-15(18)21/h2-7H,1H3,(H,17,21)(H,19,20). The molecule has 0 atom stereocenters. The molecule has 0 unspecified atom stereocenters. The van der Waals surface area contributed by atoms with Crippen LogP contribution < -0.4 is 5.69 Å². The second-order valence-electron chi connectivity index (χ2n) is 4.70. The highest BCUT2D eigenvalue weighted by Crippen LogP contribution is 2.24. The lowest BCUT2D eigenvalue weighted by Gasteiger charge is -2.09. The first-order valence-corrected chi connectivity index (χ1v) is 6.60. The molecule has 0 fully saturated rings. The molecule has 2 N–H and O–H groups in total. The van der Waals surface area contributed by atoms with Gasteiger partial charge in [-0.15, -0.1) is 0 Å². The van der Waals surface area contributed by atoms with Crippen molar-refractivity contribution in [3.63, 3.8) is 0 Å². The monoisotopic (exact) mass is 302 g/mol. The molecule has 0 saturated carbocycles. The number of aromatic carboxylic acids is 1. The molecule has 1 aromatic heterocycles. The number of halogens is 1. The van der Waals surface area contributed by atoms with Crippen molar-refractivity contribution in [2.24, 2.45) is 0 Å². The highest BCUT2D eigenvalue weighted by atomic mass is 35.5. The zero-order valence-corrected chi connectivity index (χ0v) is 11.8. The number of aryl methyl sites for hydroxylation is 1. The number of fused-ring (bicyclic) bond motifs is 1. The van der Waals surface area contributed by atoms with Crippen molar-refractivity contribution in [1.82, 2.24) is 9.55 Å². The first kappa shape index (κ1) is 13.5.